The molecule has 0 saturated heterocycles. The van der Waals surface area contributed by atoms with Gasteiger partial charge in [0, 0.05) is 17.2 Å². The highest BCUT2D eigenvalue weighted by Crippen LogP contribution is 2.25. The average Bonchev–Trinajstić information content (AvgIpc) is 2.62. The van der Waals surface area contributed by atoms with Crippen molar-refractivity contribution in [3.05, 3.63) is 81.2 Å². The van der Waals surface area contributed by atoms with Gasteiger partial charge in [0.15, 0.2) is 5.17 Å². The summed E-state index contributed by atoms with van der Waals surface area (Å²) in [6, 6.07) is 15.5. The molecule has 1 aromatic heterocycles. The van der Waals surface area contributed by atoms with Gasteiger partial charge in [0.1, 0.15) is 5.58 Å². The normalized spacial score (nSPS) is 13.1. The zero-order chi connectivity index (χ0) is 18.7. The summed E-state index contributed by atoms with van der Waals surface area (Å²) in [7, 11) is 0. The molecule has 0 unspecified atom stereocenters. The molecule has 5 heteroatoms. The van der Waals surface area contributed by atoms with Crippen LogP contribution in [0.2, 0.25) is 0 Å². The molecule has 0 aliphatic rings. The summed E-state index contributed by atoms with van der Waals surface area (Å²) in [5.41, 5.74) is 10.7. The standard InChI is InChI=1S/C21H22N2O2S/c1-13-9-18-17(11-20(24)25-19(18)10-14(13)2)12-26-21(22)23-15(3)16-7-5-4-6-8-16/h4-11,15H,12H2,1-3H3,(H2,22,23)/t15-/m0/s1. The average molecular weight is 366 g/mol. The number of nitrogens with zero attached hydrogens (tertiary/aromatic N) is 1. The van der Waals surface area contributed by atoms with E-state index in [1.54, 1.807) is 0 Å². The van der Waals surface area contributed by atoms with Crippen LogP contribution in [0.4, 0.5) is 0 Å². The molecule has 4 nitrogen and oxygen atoms in total. The predicted molar refractivity (Wildman–Crippen MR) is 110 cm³/mol. The molecule has 2 aromatic carbocycles. The molecular formula is C21H22N2O2S. The van der Waals surface area contributed by atoms with Gasteiger partial charge in [0.2, 0.25) is 0 Å². The molecule has 1 atom stereocenters. The van der Waals surface area contributed by atoms with Gasteiger partial charge >= 0.3 is 5.63 Å². The highest BCUT2D eigenvalue weighted by atomic mass is 32.2. The number of benzene rings is 2. The number of amidine groups is 1. The summed E-state index contributed by atoms with van der Waals surface area (Å²) in [5, 5.41) is 1.45. The fraction of sp³-hybridized carbons (Fsp3) is 0.238. The molecule has 3 aromatic rings. The summed E-state index contributed by atoms with van der Waals surface area (Å²) in [5.74, 6) is 0.571. The van der Waals surface area contributed by atoms with Crippen LogP contribution in [0.5, 0.6) is 0 Å². The summed E-state index contributed by atoms with van der Waals surface area (Å²) < 4.78 is 5.34. The van der Waals surface area contributed by atoms with E-state index in [-0.39, 0.29) is 11.7 Å². The molecule has 0 aliphatic heterocycles. The fourth-order valence-electron chi connectivity index (χ4n) is 2.79. The van der Waals surface area contributed by atoms with Crippen molar-refractivity contribution >= 4 is 27.9 Å². The Labute approximate surface area is 157 Å². The molecule has 0 radical (unpaired) electrons. The van der Waals surface area contributed by atoms with Crippen LogP contribution in [0.15, 0.2) is 62.7 Å². The minimum absolute atomic E-state index is 0.00817. The van der Waals surface area contributed by atoms with Crippen LogP contribution in [0.1, 0.15) is 35.2 Å². The van der Waals surface area contributed by atoms with Gasteiger partial charge in [-0.05, 0) is 55.2 Å². The van der Waals surface area contributed by atoms with Gasteiger partial charge in [-0.1, -0.05) is 42.1 Å². The predicted octanol–water partition coefficient (Wildman–Crippen LogP) is 4.72. The molecule has 0 amide bonds. The lowest BCUT2D eigenvalue weighted by Crippen LogP contribution is -2.09. The fourth-order valence-corrected chi connectivity index (χ4v) is 3.56. The first-order valence-corrected chi connectivity index (χ1v) is 9.47. The Hall–Kier alpha value is -2.53. The first-order chi connectivity index (χ1) is 12.4. The Kier molecular flexibility index (Phi) is 5.47. The highest BCUT2D eigenvalue weighted by molar-refractivity contribution is 8.13. The molecule has 3 rings (SSSR count). The minimum Gasteiger partial charge on any atom is -0.423 e. The molecule has 26 heavy (non-hydrogen) atoms. The maximum Gasteiger partial charge on any atom is 0.336 e. The molecular weight excluding hydrogens is 344 g/mol. The van der Waals surface area contributed by atoms with Crippen LogP contribution in [-0.4, -0.2) is 5.17 Å². The van der Waals surface area contributed by atoms with Gasteiger partial charge in [-0.15, -0.1) is 0 Å². The second-order valence-corrected chi connectivity index (χ2v) is 7.36. The van der Waals surface area contributed by atoms with Gasteiger partial charge in [-0.25, -0.2) is 4.79 Å². The third-order valence-corrected chi connectivity index (χ3v) is 5.28. The van der Waals surface area contributed by atoms with Gasteiger partial charge < -0.3 is 10.2 Å². The van der Waals surface area contributed by atoms with Gasteiger partial charge in [-0.3, -0.25) is 4.99 Å². The van der Waals surface area contributed by atoms with E-state index < -0.39 is 0 Å². The van der Waals surface area contributed by atoms with E-state index >= 15 is 0 Å². The van der Waals surface area contributed by atoms with Crippen LogP contribution in [-0.2, 0) is 5.75 Å². The third kappa shape index (κ3) is 4.17. The Bertz CT molecular complexity index is 1010. The maximum atomic E-state index is 11.9. The summed E-state index contributed by atoms with van der Waals surface area (Å²) in [6.07, 6.45) is 0. The van der Waals surface area contributed by atoms with E-state index in [9.17, 15) is 4.79 Å². The molecule has 134 valence electrons. The van der Waals surface area contributed by atoms with E-state index in [1.165, 1.54) is 17.8 Å². The van der Waals surface area contributed by atoms with Crippen molar-refractivity contribution < 1.29 is 4.42 Å². The molecule has 0 fully saturated rings. The first kappa shape index (κ1) is 18.3. The molecule has 2 N–H and O–H groups in total. The van der Waals surface area contributed by atoms with Gasteiger partial charge in [0.05, 0.1) is 6.04 Å². The van der Waals surface area contributed by atoms with Crippen LogP contribution >= 0.6 is 11.8 Å². The molecule has 0 saturated carbocycles. The molecule has 0 aliphatic carbocycles. The SMILES string of the molecule is Cc1cc2oc(=O)cc(CSC(N)=N[C@@H](C)c3ccccc3)c2cc1C. The molecule has 1 heterocycles. The summed E-state index contributed by atoms with van der Waals surface area (Å²) >= 11 is 1.43. The first-order valence-electron chi connectivity index (χ1n) is 8.49. The van der Waals surface area contributed by atoms with Crippen LogP contribution in [0.3, 0.4) is 0 Å². The second-order valence-electron chi connectivity index (χ2n) is 6.37. The monoisotopic (exact) mass is 366 g/mol. The van der Waals surface area contributed by atoms with E-state index in [0.717, 1.165) is 27.6 Å². The van der Waals surface area contributed by atoms with Crippen LogP contribution in [0, 0.1) is 13.8 Å². The number of aliphatic imine (C=N–C) groups is 1. The van der Waals surface area contributed by atoms with Crippen molar-refractivity contribution in [1.29, 1.82) is 0 Å². The number of thioether (sulfide) groups is 1. The zero-order valence-corrected chi connectivity index (χ0v) is 16.0. The lowest BCUT2D eigenvalue weighted by Gasteiger charge is -2.10. The Morgan fingerprint density at radius 2 is 1.85 bits per heavy atom. The third-order valence-electron chi connectivity index (χ3n) is 4.42. The number of hydrogen-bond acceptors (Lipinski definition) is 4. The van der Waals surface area contributed by atoms with Crippen molar-refractivity contribution in [2.45, 2.75) is 32.6 Å². The largest absolute Gasteiger partial charge is 0.423 e. The smallest absolute Gasteiger partial charge is 0.336 e. The van der Waals surface area contributed by atoms with Gasteiger partial charge in [-0.2, -0.15) is 0 Å². The number of rotatable bonds is 4. The quantitative estimate of drug-likeness (QED) is 0.412. The number of fused-ring (bicyclic) bond motifs is 1. The van der Waals surface area contributed by atoms with Gasteiger partial charge in [0.25, 0.3) is 0 Å². The number of aryl methyl sites for hydroxylation is 2. The Balaban J connectivity index is 1.82. The van der Waals surface area contributed by atoms with Crippen LogP contribution in [0.25, 0.3) is 11.0 Å². The van der Waals surface area contributed by atoms with Crippen molar-refractivity contribution in [1.82, 2.24) is 0 Å². The Morgan fingerprint density at radius 3 is 2.58 bits per heavy atom. The van der Waals surface area contributed by atoms with E-state index in [4.69, 9.17) is 10.2 Å². The second kappa shape index (κ2) is 7.79. The van der Waals surface area contributed by atoms with E-state index in [1.807, 2.05) is 57.2 Å². The molecule has 0 bridgehead atoms. The number of nitrogens with two attached hydrogens (primary N) is 1. The zero-order valence-electron chi connectivity index (χ0n) is 15.2. The van der Waals surface area contributed by atoms with E-state index in [0.29, 0.717) is 16.5 Å². The maximum absolute atomic E-state index is 11.9. The highest BCUT2D eigenvalue weighted by Gasteiger charge is 2.10. The number of hydrogen-bond donors (Lipinski definition) is 1. The lowest BCUT2D eigenvalue weighted by atomic mass is 10.0. The summed E-state index contributed by atoms with van der Waals surface area (Å²) in [6.45, 7) is 6.07. The van der Waals surface area contributed by atoms with Crippen molar-refractivity contribution in [2.24, 2.45) is 10.7 Å². The van der Waals surface area contributed by atoms with Crippen molar-refractivity contribution in [3.8, 4) is 0 Å². The van der Waals surface area contributed by atoms with Crippen molar-refractivity contribution in [3.63, 3.8) is 0 Å². The van der Waals surface area contributed by atoms with Crippen LogP contribution < -0.4 is 11.4 Å². The Morgan fingerprint density at radius 1 is 1.15 bits per heavy atom. The lowest BCUT2D eigenvalue weighted by molar-refractivity contribution is 0.559. The van der Waals surface area contributed by atoms with E-state index in [2.05, 4.69) is 11.1 Å². The molecule has 0 spiro atoms. The van der Waals surface area contributed by atoms with Crippen molar-refractivity contribution in [2.75, 3.05) is 0 Å². The topological polar surface area (TPSA) is 68.6 Å². The summed E-state index contributed by atoms with van der Waals surface area (Å²) in [4.78, 5) is 16.4. The minimum atomic E-state index is -0.343.